The van der Waals surface area contributed by atoms with Gasteiger partial charge in [-0.1, -0.05) is 12.8 Å². The van der Waals surface area contributed by atoms with Gasteiger partial charge in [0.1, 0.15) is 23.7 Å². The molecule has 1 aliphatic carbocycles. The smallest absolute Gasteiger partial charge is 0.474 e. The summed E-state index contributed by atoms with van der Waals surface area (Å²) in [6.45, 7) is 0.439. The average Bonchev–Trinajstić information content (AvgIpc) is 2.75. The molecule has 0 bridgehead atoms. The van der Waals surface area contributed by atoms with Gasteiger partial charge in [-0.2, -0.15) is 0 Å². The van der Waals surface area contributed by atoms with E-state index in [0.717, 1.165) is 25.0 Å². The highest BCUT2D eigenvalue weighted by Gasteiger charge is 2.31. The maximum atomic E-state index is 12.7. The summed E-state index contributed by atoms with van der Waals surface area (Å²) in [5.41, 5.74) is 0.552. The van der Waals surface area contributed by atoms with Crippen LogP contribution in [0.1, 0.15) is 36.2 Å². The van der Waals surface area contributed by atoms with Gasteiger partial charge in [0.25, 0.3) is 5.91 Å². The van der Waals surface area contributed by atoms with Gasteiger partial charge in [0.2, 0.25) is 5.88 Å². The molecule has 1 aromatic heterocycles. The van der Waals surface area contributed by atoms with Gasteiger partial charge in [-0.25, -0.2) is 9.97 Å². The van der Waals surface area contributed by atoms with Crippen LogP contribution in [0.3, 0.4) is 0 Å². The number of benzene rings is 1. The number of halogens is 3. The molecule has 11 heteroatoms. The fourth-order valence-corrected chi connectivity index (χ4v) is 3.34. The summed E-state index contributed by atoms with van der Waals surface area (Å²) >= 11 is 0. The maximum absolute atomic E-state index is 12.7. The quantitative estimate of drug-likeness (QED) is 0.590. The summed E-state index contributed by atoms with van der Waals surface area (Å²) in [5.74, 6) is -0.804. The lowest BCUT2D eigenvalue weighted by Gasteiger charge is -2.28. The number of methoxy groups -OCH3 is 1. The Bertz CT molecular complexity index is 909. The van der Waals surface area contributed by atoms with Crippen molar-refractivity contribution in [3.8, 4) is 22.9 Å². The fraction of sp³-hybridized carbons (Fsp3) is 0.476. The number of amides is 1. The van der Waals surface area contributed by atoms with Crippen molar-refractivity contribution in [1.29, 1.82) is 0 Å². The summed E-state index contributed by atoms with van der Waals surface area (Å²) in [6, 6.07) is 4.61. The number of aromatic nitrogens is 2. The van der Waals surface area contributed by atoms with Crippen molar-refractivity contribution in [2.24, 2.45) is 0 Å². The lowest BCUT2D eigenvalue weighted by molar-refractivity contribution is -0.274. The standard InChI is InChI=1S/C21H24F3N3O5/c1-30-10-11-31-20-18(13-6-8-14(9-7-13)32-21(22,23)24)26-16(12-25-20)19(29)27-15-4-2-3-5-17(15)28/h6-9,12,15,17,28H,2-5,10-11H2,1H3,(H,27,29)/t15-,17-/m1/s1. The summed E-state index contributed by atoms with van der Waals surface area (Å²) < 4.78 is 51.7. The molecule has 0 spiro atoms. The van der Waals surface area contributed by atoms with Crippen molar-refractivity contribution in [3.05, 3.63) is 36.2 Å². The Balaban J connectivity index is 1.85. The zero-order valence-electron chi connectivity index (χ0n) is 17.4. The third-order valence-electron chi connectivity index (χ3n) is 4.91. The number of carbonyl (C=O) groups excluding carboxylic acids is 1. The highest BCUT2D eigenvalue weighted by Crippen LogP contribution is 2.30. The molecule has 0 saturated heterocycles. The topological polar surface area (TPSA) is 103 Å². The van der Waals surface area contributed by atoms with E-state index < -0.39 is 24.1 Å². The Labute approximate surface area is 182 Å². The first-order chi connectivity index (χ1) is 15.3. The van der Waals surface area contributed by atoms with Crippen molar-refractivity contribution in [2.75, 3.05) is 20.3 Å². The molecular weight excluding hydrogens is 431 g/mol. The molecule has 0 aliphatic heterocycles. The van der Waals surface area contributed by atoms with Crippen LogP contribution in [0.2, 0.25) is 0 Å². The van der Waals surface area contributed by atoms with E-state index in [4.69, 9.17) is 9.47 Å². The first-order valence-corrected chi connectivity index (χ1v) is 10.1. The first-order valence-electron chi connectivity index (χ1n) is 10.1. The van der Waals surface area contributed by atoms with Crippen molar-refractivity contribution < 1.29 is 37.3 Å². The second-order valence-corrected chi connectivity index (χ2v) is 7.25. The third kappa shape index (κ3) is 6.54. The molecule has 1 aromatic carbocycles. The molecule has 3 rings (SSSR count). The zero-order valence-corrected chi connectivity index (χ0v) is 17.4. The number of aliphatic hydroxyl groups excluding tert-OH is 1. The second-order valence-electron chi connectivity index (χ2n) is 7.25. The number of alkyl halides is 3. The largest absolute Gasteiger partial charge is 0.573 e. The number of hydrogen-bond donors (Lipinski definition) is 2. The van der Waals surface area contributed by atoms with Gasteiger partial charge in [-0.3, -0.25) is 4.79 Å². The maximum Gasteiger partial charge on any atom is 0.573 e. The van der Waals surface area contributed by atoms with Gasteiger partial charge in [0, 0.05) is 12.7 Å². The lowest BCUT2D eigenvalue weighted by atomic mass is 9.92. The Kier molecular flexibility index (Phi) is 7.86. The van der Waals surface area contributed by atoms with E-state index in [9.17, 15) is 23.1 Å². The van der Waals surface area contributed by atoms with Crippen molar-refractivity contribution >= 4 is 5.91 Å². The molecule has 1 heterocycles. The van der Waals surface area contributed by atoms with Crippen LogP contribution in [0, 0.1) is 0 Å². The number of rotatable bonds is 8. The summed E-state index contributed by atoms with van der Waals surface area (Å²) in [7, 11) is 1.50. The Morgan fingerprint density at radius 3 is 2.56 bits per heavy atom. The minimum Gasteiger partial charge on any atom is -0.474 e. The highest BCUT2D eigenvalue weighted by atomic mass is 19.4. The predicted molar refractivity (Wildman–Crippen MR) is 107 cm³/mol. The number of carbonyl (C=O) groups is 1. The van der Waals surface area contributed by atoms with E-state index in [1.165, 1.54) is 25.4 Å². The summed E-state index contributed by atoms with van der Waals surface area (Å²) in [4.78, 5) is 21.2. The summed E-state index contributed by atoms with van der Waals surface area (Å²) in [5, 5.41) is 12.9. The van der Waals surface area contributed by atoms with E-state index in [1.807, 2.05) is 0 Å². The van der Waals surface area contributed by atoms with Gasteiger partial charge in [-0.05, 0) is 37.1 Å². The van der Waals surface area contributed by atoms with E-state index in [-0.39, 0.29) is 36.5 Å². The third-order valence-corrected chi connectivity index (χ3v) is 4.91. The van der Waals surface area contributed by atoms with Crippen LogP contribution in [0.15, 0.2) is 30.5 Å². The number of hydrogen-bond acceptors (Lipinski definition) is 7. The molecule has 2 atom stereocenters. The van der Waals surface area contributed by atoms with Crippen LogP contribution in [-0.2, 0) is 4.74 Å². The SMILES string of the molecule is COCCOc1ncc(C(=O)N[C@@H]2CCCC[C@H]2O)nc1-c1ccc(OC(F)(F)F)cc1. The van der Waals surface area contributed by atoms with Gasteiger partial charge < -0.3 is 24.6 Å². The number of aliphatic hydroxyl groups is 1. The van der Waals surface area contributed by atoms with Crippen LogP contribution >= 0.6 is 0 Å². The van der Waals surface area contributed by atoms with Crippen LogP contribution < -0.4 is 14.8 Å². The van der Waals surface area contributed by atoms with E-state index >= 15 is 0 Å². The molecule has 0 unspecified atom stereocenters. The molecule has 174 valence electrons. The minimum atomic E-state index is -4.81. The molecule has 2 N–H and O–H groups in total. The minimum absolute atomic E-state index is 0.00696. The van der Waals surface area contributed by atoms with Crippen LogP contribution in [0.5, 0.6) is 11.6 Å². The molecule has 1 fully saturated rings. The van der Waals surface area contributed by atoms with Crippen molar-refractivity contribution in [2.45, 2.75) is 44.2 Å². The van der Waals surface area contributed by atoms with E-state index in [0.29, 0.717) is 18.4 Å². The Morgan fingerprint density at radius 1 is 1.19 bits per heavy atom. The van der Waals surface area contributed by atoms with E-state index in [2.05, 4.69) is 20.0 Å². The first kappa shape index (κ1) is 23.7. The highest BCUT2D eigenvalue weighted by molar-refractivity contribution is 5.93. The molecule has 32 heavy (non-hydrogen) atoms. The molecular formula is C21H24F3N3O5. The molecule has 0 radical (unpaired) electrons. The van der Waals surface area contributed by atoms with Crippen molar-refractivity contribution in [3.63, 3.8) is 0 Å². The Hall–Kier alpha value is -2.92. The Morgan fingerprint density at radius 2 is 1.91 bits per heavy atom. The van der Waals surface area contributed by atoms with Gasteiger partial charge in [-0.15, -0.1) is 13.2 Å². The van der Waals surface area contributed by atoms with Crippen LogP contribution in [0.4, 0.5) is 13.2 Å². The molecule has 2 aromatic rings. The lowest BCUT2D eigenvalue weighted by Crippen LogP contribution is -2.45. The predicted octanol–water partition coefficient (Wildman–Crippen LogP) is 3.10. The normalized spacial score (nSPS) is 18.8. The monoisotopic (exact) mass is 455 g/mol. The molecule has 1 saturated carbocycles. The van der Waals surface area contributed by atoms with Gasteiger partial charge >= 0.3 is 6.36 Å². The summed E-state index contributed by atoms with van der Waals surface area (Å²) in [6.07, 6.45) is -1.12. The molecule has 1 amide bonds. The van der Waals surface area contributed by atoms with Gasteiger partial charge in [0.15, 0.2) is 0 Å². The van der Waals surface area contributed by atoms with Crippen LogP contribution in [0.25, 0.3) is 11.3 Å². The number of nitrogens with zero attached hydrogens (tertiary/aromatic N) is 2. The second kappa shape index (κ2) is 10.6. The van der Waals surface area contributed by atoms with Gasteiger partial charge in [0.05, 0.1) is 24.9 Å². The zero-order chi connectivity index (χ0) is 23.1. The average molecular weight is 455 g/mol. The molecule has 8 nitrogen and oxygen atoms in total. The van der Waals surface area contributed by atoms with E-state index in [1.54, 1.807) is 0 Å². The molecule has 1 aliphatic rings. The number of nitrogens with one attached hydrogen (secondary N) is 1. The fourth-order valence-electron chi connectivity index (χ4n) is 3.34. The van der Waals surface area contributed by atoms with Crippen molar-refractivity contribution in [1.82, 2.24) is 15.3 Å². The van der Waals surface area contributed by atoms with Crippen LogP contribution in [-0.4, -0.2) is 59.8 Å². The number of ether oxygens (including phenoxy) is 3.